The van der Waals surface area contributed by atoms with Gasteiger partial charge in [0.15, 0.2) is 0 Å². The second-order valence-electron chi connectivity index (χ2n) is 5.94. The van der Waals surface area contributed by atoms with Gasteiger partial charge in [-0.2, -0.15) is 0 Å². The summed E-state index contributed by atoms with van der Waals surface area (Å²) in [6.07, 6.45) is 0.295. The monoisotopic (exact) mass is 333 g/mol. The van der Waals surface area contributed by atoms with E-state index in [4.69, 9.17) is 10.5 Å². The summed E-state index contributed by atoms with van der Waals surface area (Å²) in [5.74, 6) is -0.153. The summed E-state index contributed by atoms with van der Waals surface area (Å²) in [5, 5.41) is 0. The van der Waals surface area contributed by atoms with Gasteiger partial charge >= 0.3 is 0 Å². The van der Waals surface area contributed by atoms with Crippen molar-refractivity contribution in [2.75, 3.05) is 33.3 Å². The fourth-order valence-corrected chi connectivity index (χ4v) is 2.85. The van der Waals surface area contributed by atoms with Gasteiger partial charge in [0.1, 0.15) is 5.75 Å². The van der Waals surface area contributed by atoms with E-state index in [2.05, 4.69) is 0 Å². The van der Waals surface area contributed by atoms with Crippen molar-refractivity contribution >= 4 is 17.7 Å². The number of para-hydroxylation sites is 1. The maximum absolute atomic E-state index is 12.5. The Morgan fingerprint density at radius 2 is 2.00 bits per heavy atom. The third kappa shape index (κ3) is 4.24. The first-order chi connectivity index (χ1) is 11.4. The zero-order valence-corrected chi connectivity index (χ0v) is 14.0. The first kappa shape index (κ1) is 17.8. The van der Waals surface area contributed by atoms with Crippen LogP contribution in [0.25, 0.3) is 0 Å². The molecular formula is C17H23N3O4. The van der Waals surface area contributed by atoms with Crippen LogP contribution in [0.5, 0.6) is 5.75 Å². The molecule has 1 saturated heterocycles. The van der Waals surface area contributed by atoms with Gasteiger partial charge in [-0.3, -0.25) is 14.4 Å². The predicted molar refractivity (Wildman–Crippen MR) is 88.4 cm³/mol. The second-order valence-corrected chi connectivity index (χ2v) is 5.94. The van der Waals surface area contributed by atoms with Crippen LogP contribution >= 0.6 is 0 Å². The molecule has 1 aliphatic heterocycles. The Balaban J connectivity index is 1.95. The summed E-state index contributed by atoms with van der Waals surface area (Å²) in [4.78, 5) is 38.3. The maximum Gasteiger partial charge on any atom is 0.242 e. The Morgan fingerprint density at radius 3 is 2.62 bits per heavy atom. The molecule has 1 fully saturated rings. The number of hydrogen-bond acceptors (Lipinski definition) is 4. The Labute approximate surface area is 141 Å². The molecule has 1 atom stereocenters. The molecule has 0 radical (unpaired) electrons. The second kappa shape index (κ2) is 7.81. The van der Waals surface area contributed by atoms with Gasteiger partial charge in [0, 0.05) is 19.5 Å². The van der Waals surface area contributed by atoms with Crippen molar-refractivity contribution in [2.45, 2.75) is 19.3 Å². The zero-order valence-electron chi connectivity index (χ0n) is 14.0. The first-order valence-corrected chi connectivity index (χ1v) is 7.89. The van der Waals surface area contributed by atoms with Gasteiger partial charge in [-0.1, -0.05) is 25.1 Å². The van der Waals surface area contributed by atoms with Gasteiger partial charge in [0.25, 0.3) is 0 Å². The quantitative estimate of drug-likeness (QED) is 0.813. The van der Waals surface area contributed by atoms with Crippen molar-refractivity contribution in [3.8, 4) is 5.75 Å². The van der Waals surface area contributed by atoms with E-state index in [1.807, 2.05) is 31.2 Å². The number of nitrogens with zero attached hydrogens (tertiary/aromatic N) is 2. The highest BCUT2D eigenvalue weighted by Gasteiger charge is 2.28. The van der Waals surface area contributed by atoms with E-state index in [0.717, 1.165) is 11.3 Å². The molecule has 0 aromatic heterocycles. The Kier molecular flexibility index (Phi) is 5.78. The number of hydrogen-bond donors (Lipinski definition) is 1. The highest BCUT2D eigenvalue weighted by Crippen LogP contribution is 2.29. The molecule has 0 aliphatic carbocycles. The molecule has 130 valence electrons. The third-order valence-corrected chi connectivity index (χ3v) is 4.17. The fraction of sp³-hybridized carbons (Fsp3) is 0.471. The largest absolute Gasteiger partial charge is 0.496 e. The van der Waals surface area contributed by atoms with Crippen molar-refractivity contribution in [1.82, 2.24) is 9.80 Å². The third-order valence-electron chi connectivity index (χ3n) is 4.17. The van der Waals surface area contributed by atoms with Crippen LogP contribution in [0.15, 0.2) is 24.3 Å². The number of rotatable bonds is 6. The Morgan fingerprint density at radius 1 is 1.29 bits per heavy atom. The van der Waals surface area contributed by atoms with Crippen LogP contribution in [0.4, 0.5) is 0 Å². The molecule has 0 bridgehead atoms. The molecule has 3 amide bonds. The molecule has 1 heterocycles. The molecule has 1 aromatic rings. The molecule has 7 nitrogen and oxygen atoms in total. The van der Waals surface area contributed by atoms with Gasteiger partial charge < -0.3 is 20.3 Å². The van der Waals surface area contributed by atoms with Crippen LogP contribution in [0, 0.1) is 0 Å². The molecule has 0 saturated carbocycles. The summed E-state index contributed by atoms with van der Waals surface area (Å²) in [5.41, 5.74) is 6.08. The molecule has 1 aromatic carbocycles. The van der Waals surface area contributed by atoms with Crippen molar-refractivity contribution in [3.63, 3.8) is 0 Å². The minimum atomic E-state index is -0.548. The number of carbonyl (C=O) groups is 3. The average molecular weight is 333 g/mol. The Hall–Kier alpha value is -2.57. The number of benzene rings is 1. The van der Waals surface area contributed by atoms with Crippen LogP contribution in [0.1, 0.15) is 24.8 Å². The van der Waals surface area contributed by atoms with Gasteiger partial charge in [0.2, 0.25) is 17.7 Å². The van der Waals surface area contributed by atoms with Crippen molar-refractivity contribution in [1.29, 1.82) is 0 Å². The lowest BCUT2D eigenvalue weighted by atomic mass is 9.96. The van der Waals surface area contributed by atoms with Crippen molar-refractivity contribution < 1.29 is 19.1 Å². The smallest absolute Gasteiger partial charge is 0.242 e. The van der Waals surface area contributed by atoms with E-state index in [1.165, 1.54) is 9.80 Å². The number of methoxy groups -OCH3 is 1. The zero-order chi connectivity index (χ0) is 17.7. The minimum absolute atomic E-state index is 0.00917. The van der Waals surface area contributed by atoms with E-state index >= 15 is 0 Å². The van der Waals surface area contributed by atoms with Crippen molar-refractivity contribution in [3.05, 3.63) is 29.8 Å². The predicted octanol–water partition coefficient (Wildman–Crippen LogP) is 0.345. The van der Waals surface area contributed by atoms with E-state index in [9.17, 15) is 14.4 Å². The molecule has 2 rings (SSSR count). The summed E-state index contributed by atoms with van der Waals surface area (Å²) in [6.45, 7) is 2.59. The highest BCUT2D eigenvalue weighted by atomic mass is 16.5. The van der Waals surface area contributed by atoms with Gasteiger partial charge in [-0.25, -0.2) is 0 Å². The lowest BCUT2D eigenvalue weighted by molar-refractivity contribution is -0.146. The average Bonchev–Trinajstić information content (AvgIpc) is 2.56. The number of primary amides is 1. The topological polar surface area (TPSA) is 92.9 Å². The van der Waals surface area contributed by atoms with Gasteiger partial charge in [0.05, 0.1) is 20.2 Å². The molecule has 7 heteroatoms. The summed E-state index contributed by atoms with van der Waals surface area (Å²) < 4.78 is 5.33. The molecule has 24 heavy (non-hydrogen) atoms. The van der Waals surface area contributed by atoms with Gasteiger partial charge in [-0.15, -0.1) is 0 Å². The molecule has 0 spiro atoms. The lowest BCUT2D eigenvalue weighted by Gasteiger charge is -2.34. The highest BCUT2D eigenvalue weighted by molar-refractivity contribution is 5.89. The normalized spacial score (nSPS) is 16.0. The summed E-state index contributed by atoms with van der Waals surface area (Å²) >= 11 is 0. The first-order valence-electron chi connectivity index (χ1n) is 7.89. The molecule has 2 N–H and O–H groups in total. The molecular weight excluding hydrogens is 310 g/mol. The Bertz CT molecular complexity index is 632. The SMILES string of the molecule is COc1ccccc1[C@H](C)CC(=O)N1CCN(CC(N)=O)C(=O)C1. The number of piperazine rings is 1. The van der Waals surface area contributed by atoms with E-state index < -0.39 is 5.91 Å². The maximum atomic E-state index is 12.5. The number of carbonyl (C=O) groups excluding carboxylic acids is 3. The lowest BCUT2D eigenvalue weighted by Crippen LogP contribution is -2.54. The van der Waals surface area contributed by atoms with Crippen molar-refractivity contribution in [2.24, 2.45) is 5.73 Å². The molecule has 1 aliphatic rings. The van der Waals surface area contributed by atoms with Crippen LogP contribution in [0.2, 0.25) is 0 Å². The van der Waals surface area contributed by atoms with Crippen LogP contribution < -0.4 is 10.5 Å². The minimum Gasteiger partial charge on any atom is -0.496 e. The van der Waals surface area contributed by atoms with Gasteiger partial charge in [-0.05, 0) is 17.5 Å². The summed E-state index contributed by atoms with van der Waals surface area (Å²) in [6, 6.07) is 7.59. The van der Waals surface area contributed by atoms with E-state index in [0.29, 0.717) is 19.5 Å². The van der Waals surface area contributed by atoms with E-state index in [-0.39, 0.29) is 30.8 Å². The van der Waals surface area contributed by atoms with Crippen LogP contribution in [-0.2, 0) is 14.4 Å². The summed E-state index contributed by atoms with van der Waals surface area (Å²) in [7, 11) is 1.60. The van der Waals surface area contributed by atoms with E-state index in [1.54, 1.807) is 7.11 Å². The van der Waals surface area contributed by atoms with Crippen LogP contribution in [-0.4, -0.2) is 60.8 Å². The molecule has 0 unspecified atom stereocenters. The number of ether oxygens (including phenoxy) is 1. The number of amides is 3. The standard InChI is InChI=1S/C17H23N3O4/c1-12(13-5-3-4-6-14(13)24-2)9-16(22)20-8-7-19(10-15(18)21)17(23)11-20/h3-6,12H,7-11H2,1-2H3,(H2,18,21)/t12-/m1/s1. The fourth-order valence-electron chi connectivity index (χ4n) is 2.85. The number of nitrogens with two attached hydrogens (primary N) is 1. The van der Waals surface area contributed by atoms with Crippen LogP contribution in [0.3, 0.4) is 0 Å².